The number of rotatable bonds is 7. The van der Waals surface area contributed by atoms with Gasteiger partial charge in [-0.2, -0.15) is 0 Å². The average molecular weight is 345 g/mol. The molecule has 0 bridgehead atoms. The Kier molecular flexibility index (Phi) is 7.44. The Balaban J connectivity index is 1.87. The Morgan fingerprint density at radius 2 is 1.92 bits per heavy atom. The van der Waals surface area contributed by atoms with Gasteiger partial charge in [0.15, 0.2) is 0 Å². The fraction of sp³-hybridized carbons (Fsp3) is 0.600. The average Bonchev–Trinajstić information content (AvgIpc) is 2.64. The van der Waals surface area contributed by atoms with Gasteiger partial charge in [0, 0.05) is 30.8 Å². The van der Waals surface area contributed by atoms with Crippen LogP contribution in [0.1, 0.15) is 50.4 Å². The van der Waals surface area contributed by atoms with Crippen LogP contribution < -0.4 is 10.6 Å². The van der Waals surface area contributed by atoms with Gasteiger partial charge in [-0.3, -0.25) is 9.59 Å². The van der Waals surface area contributed by atoms with Gasteiger partial charge in [0.1, 0.15) is 0 Å². The zero-order valence-corrected chi connectivity index (χ0v) is 15.7. The molecule has 1 saturated heterocycles. The van der Waals surface area contributed by atoms with Crippen molar-refractivity contribution < 1.29 is 9.59 Å². The number of hydrogen-bond acceptors (Lipinski definition) is 3. The number of anilines is 1. The van der Waals surface area contributed by atoms with Crippen LogP contribution in [0.25, 0.3) is 0 Å². The fourth-order valence-electron chi connectivity index (χ4n) is 3.43. The van der Waals surface area contributed by atoms with Crippen LogP contribution in [0.2, 0.25) is 0 Å². The largest absolute Gasteiger partial charge is 0.339 e. The molecule has 2 unspecified atom stereocenters. The number of piperidine rings is 1. The van der Waals surface area contributed by atoms with E-state index in [-0.39, 0.29) is 11.8 Å². The molecule has 1 aliphatic heterocycles. The van der Waals surface area contributed by atoms with Crippen LogP contribution in [0.15, 0.2) is 24.3 Å². The van der Waals surface area contributed by atoms with Crippen molar-refractivity contribution >= 4 is 17.5 Å². The fourth-order valence-corrected chi connectivity index (χ4v) is 3.43. The summed E-state index contributed by atoms with van der Waals surface area (Å²) in [6, 6.07) is 7.18. The van der Waals surface area contributed by atoms with Gasteiger partial charge in [0.2, 0.25) is 5.91 Å². The minimum atomic E-state index is 0.0290. The zero-order valence-electron chi connectivity index (χ0n) is 15.7. The van der Waals surface area contributed by atoms with Gasteiger partial charge in [-0.1, -0.05) is 6.92 Å². The zero-order chi connectivity index (χ0) is 18.2. The topological polar surface area (TPSA) is 61.4 Å². The maximum absolute atomic E-state index is 12.3. The van der Waals surface area contributed by atoms with Gasteiger partial charge in [0.25, 0.3) is 5.91 Å². The second-order valence-corrected chi connectivity index (χ2v) is 6.89. The monoisotopic (exact) mass is 345 g/mol. The van der Waals surface area contributed by atoms with Crippen LogP contribution in [0.3, 0.4) is 0 Å². The molecule has 2 amide bonds. The van der Waals surface area contributed by atoms with Gasteiger partial charge < -0.3 is 15.5 Å². The number of nitrogens with zero attached hydrogens (tertiary/aromatic N) is 1. The van der Waals surface area contributed by atoms with E-state index >= 15 is 0 Å². The Labute approximate surface area is 151 Å². The van der Waals surface area contributed by atoms with E-state index in [4.69, 9.17) is 0 Å². The first-order valence-electron chi connectivity index (χ1n) is 9.45. The summed E-state index contributed by atoms with van der Waals surface area (Å²) in [5.74, 6) is 1.02. The van der Waals surface area contributed by atoms with E-state index in [1.807, 2.05) is 26.0 Å². The molecule has 2 atom stereocenters. The Morgan fingerprint density at radius 1 is 1.24 bits per heavy atom. The molecule has 0 aliphatic carbocycles. The van der Waals surface area contributed by atoms with Crippen LogP contribution in [-0.2, 0) is 4.79 Å². The first kappa shape index (κ1) is 19.4. The lowest BCUT2D eigenvalue weighted by Crippen LogP contribution is -2.34. The molecule has 2 N–H and O–H groups in total. The maximum Gasteiger partial charge on any atom is 0.253 e. The van der Waals surface area contributed by atoms with Crippen molar-refractivity contribution in [2.45, 2.75) is 40.0 Å². The van der Waals surface area contributed by atoms with Crippen LogP contribution in [0.4, 0.5) is 5.69 Å². The molecule has 25 heavy (non-hydrogen) atoms. The molecule has 138 valence electrons. The molecule has 1 fully saturated rings. The highest BCUT2D eigenvalue weighted by atomic mass is 16.2. The highest BCUT2D eigenvalue weighted by Crippen LogP contribution is 2.23. The van der Waals surface area contributed by atoms with Crippen LogP contribution >= 0.6 is 0 Å². The molecule has 0 radical (unpaired) electrons. The number of hydrogen-bond donors (Lipinski definition) is 2. The van der Waals surface area contributed by atoms with E-state index < -0.39 is 0 Å². The van der Waals surface area contributed by atoms with Crippen molar-refractivity contribution in [3.05, 3.63) is 29.8 Å². The highest BCUT2D eigenvalue weighted by Gasteiger charge is 2.22. The molecule has 0 spiro atoms. The number of nitrogens with one attached hydrogen (secondary N) is 2. The van der Waals surface area contributed by atoms with Crippen LogP contribution in [0, 0.1) is 11.8 Å². The maximum atomic E-state index is 12.3. The van der Waals surface area contributed by atoms with Crippen LogP contribution in [0.5, 0.6) is 0 Å². The van der Waals surface area contributed by atoms with Gasteiger partial charge in [0.05, 0.1) is 0 Å². The summed E-state index contributed by atoms with van der Waals surface area (Å²) >= 11 is 0. The van der Waals surface area contributed by atoms with Crippen molar-refractivity contribution in [2.24, 2.45) is 11.8 Å². The van der Waals surface area contributed by atoms with Gasteiger partial charge in [-0.05, 0) is 75.9 Å². The Bertz CT molecular complexity index is 561. The lowest BCUT2D eigenvalue weighted by Gasteiger charge is -2.28. The Hall–Kier alpha value is -1.88. The molecule has 1 heterocycles. The Morgan fingerprint density at radius 3 is 2.48 bits per heavy atom. The summed E-state index contributed by atoms with van der Waals surface area (Å²) in [4.78, 5) is 26.4. The molecule has 5 heteroatoms. The van der Waals surface area contributed by atoms with Gasteiger partial charge in [-0.15, -0.1) is 0 Å². The summed E-state index contributed by atoms with van der Waals surface area (Å²) in [7, 11) is 0. The summed E-state index contributed by atoms with van der Waals surface area (Å²) in [5.41, 5.74) is 1.40. The summed E-state index contributed by atoms with van der Waals surface area (Å²) in [5, 5.41) is 6.36. The molecule has 1 aromatic rings. The molecule has 0 aromatic heterocycles. The third kappa shape index (κ3) is 5.56. The van der Waals surface area contributed by atoms with Crippen molar-refractivity contribution in [1.82, 2.24) is 10.2 Å². The van der Waals surface area contributed by atoms with Crippen molar-refractivity contribution in [2.75, 3.05) is 31.5 Å². The first-order chi connectivity index (χ1) is 12.0. The van der Waals surface area contributed by atoms with Crippen molar-refractivity contribution in [3.63, 3.8) is 0 Å². The molecule has 0 saturated carbocycles. The normalized spacial score (nSPS) is 18.4. The molecule has 2 rings (SSSR count). The second-order valence-electron chi connectivity index (χ2n) is 6.89. The third-order valence-electron chi connectivity index (χ3n) is 5.11. The highest BCUT2D eigenvalue weighted by molar-refractivity contribution is 5.95. The van der Waals surface area contributed by atoms with E-state index in [0.29, 0.717) is 36.9 Å². The summed E-state index contributed by atoms with van der Waals surface area (Å²) < 4.78 is 0. The van der Waals surface area contributed by atoms with E-state index in [9.17, 15) is 9.59 Å². The molecular formula is C20H31N3O2. The number of amides is 2. The number of carbonyl (C=O) groups excluding carboxylic acids is 2. The summed E-state index contributed by atoms with van der Waals surface area (Å²) in [6.07, 6.45) is 2.93. The predicted octanol–water partition coefficient (Wildman–Crippen LogP) is 3.13. The molecule has 1 aliphatic rings. The van der Waals surface area contributed by atoms with Crippen molar-refractivity contribution in [1.29, 1.82) is 0 Å². The minimum absolute atomic E-state index is 0.0290. The lowest BCUT2D eigenvalue weighted by atomic mass is 9.85. The first-order valence-corrected chi connectivity index (χ1v) is 9.45. The predicted molar refractivity (Wildman–Crippen MR) is 102 cm³/mol. The van der Waals surface area contributed by atoms with Crippen LogP contribution in [-0.4, -0.2) is 42.9 Å². The standard InChI is InChI=1S/C20H31N3O2/c1-4-23(5-2)20(25)16-8-10-18(11-9-16)22-19(24)13-15(3)17-7-6-12-21-14-17/h8-11,15,17,21H,4-7,12-14H2,1-3H3,(H,22,24). The molecule has 1 aromatic carbocycles. The third-order valence-corrected chi connectivity index (χ3v) is 5.11. The molecule has 5 nitrogen and oxygen atoms in total. The second kappa shape index (κ2) is 9.56. The summed E-state index contributed by atoms with van der Waals surface area (Å²) in [6.45, 7) is 9.59. The number of benzene rings is 1. The van der Waals surface area contributed by atoms with E-state index in [1.165, 1.54) is 12.8 Å². The van der Waals surface area contributed by atoms with E-state index in [2.05, 4.69) is 17.6 Å². The molecular weight excluding hydrogens is 314 g/mol. The van der Waals surface area contributed by atoms with Gasteiger partial charge in [-0.25, -0.2) is 0 Å². The van der Waals surface area contributed by atoms with E-state index in [1.54, 1.807) is 17.0 Å². The number of carbonyl (C=O) groups is 2. The lowest BCUT2D eigenvalue weighted by molar-refractivity contribution is -0.117. The quantitative estimate of drug-likeness (QED) is 0.798. The van der Waals surface area contributed by atoms with Gasteiger partial charge >= 0.3 is 0 Å². The van der Waals surface area contributed by atoms with E-state index in [0.717, 1.165) is 18.8 Å². The smallest absolute Gasteiger partial charge is 0.253 e. The SMILES string of the molecule is CCN(CC)C(=O)c1ccc(NC(=O)CC(C)C2CCCNC2)cc1. The minimum Gasteiger partial charge on any atom is -0.339 e. The van der Waals surface area contributed by atoms with Crippen molar-refractivity contribution in [3.8, 4) is 0 Å².